The fourth-order valence-electron chi connectivity index (χ4n) is 3.34. The van der Waals surface area contributed by atoms with Gasteiger partial charge in [-0.3, -0.25) is 18.7 Å². The minimum Gasteiger partial charge on any atom is -0.384 e. The molecule has 0 radical (unpaired) electrons. The third-order valence-corrected chi connectivity index (χ3v) is 6.98. The zero-order chi connectivity index (χ0) is 24.1. The Balaban J connectivity index is 1.55. The molecule has 0 aliphatic carbocycles. The van der Waals surface area contributed by atoms with Gasteiger partial charge in [0.25, 0.3) is 5.56 Å². The van der Waals surface area contributed by atoms with Crippen LogP contribution in [0.5, 0.6) is 0 Å². The monoisotopic (exact) mass is 494 g/mol. The van der Waals surface area contributed by atoms with Crippen molar-refractivity contribution >= 4 is 45.5 Å². The first kappa shape index (κ1) is 23.5. The molecule has 0 saturated carbocycles. The summed E-state index contributed by atoms with van der Waals surface area (Å²) in [7, 11) is 0. The summed E-state index contributed by atoms with van der Waals surface area (Å²) in [5.41, 5.74) is 6.50. The molecule has 3 N–H and O–H groups in total. The first-order valence-corrected chi connectivity index (χ1v) is 12.3. The third kappa shape index (κ3) is 5.10. The molecule has 0 bridgehead atoms. The molecule has 0 spiro atoms. The van der Waals surface area contributed by atoms with E-state index in [0.717, 1.165) is 27.6 Å². The molecular formula is C23H22N6O3S2. The average molecular weight is 495 g/mol. The number of carbonyl (C=O) groups is 1. The maximum absolute atomic E-state index is 13.1. The molecule has 34 heavy (non-hydrogen) atoms. The normalized spacial score (nSPS) is 10.9. The van der Waals surface area contributed by atoms with Crippen LogP contribution < -0.4 is 22.3 Å². The average Bonchev–Trinajstić information content (AvgIpc) is 3.29. The van der Waals surface area contributed by atoms with Crippen LogP contribution in [0.15, 0.2) is 74.6 Å². The predicted molar refractivity (Wildman–Crippen MR) is 135 cm³/mol. The number of aromatic nitrogens is 4. The number of nitrogens with one attached hydrogen (secondary N) is 1. The number of rotatable bonds is 9. The van der Waals surface area contributed by atoms with Crippen LogP contribution in [0.3, 0.4) is 0 Å². The van der Waals surface area contributed by atoms with Crippen molar-refractivity contribution in [2.75, 3.05) is 16.8 Å². The number of ketones is 1. The Kier molecular flexibility index (Phi) is 7.24. The molecule has 174 valence electrons. The molecule has 0 atom stereocenters. The van der Waals surface area contributed by atoms with Crippen LogP contribution in [-0.2, 0) is 13.1 Å². The lowest BCUT2D eigenvalue weighted by molar-refractivity contribution is 0.102. The highest BCUT2D eigenvalue weighted by molar-refractivity contribution is 8.01. The van der Waals surface area contributed by atoms with E-state index in [1.165, 1.54) is 15.9 Å². The van der Waals surface area contributed by atoms with Gasteiger partial charge >= 0.3 is 5.69 Å². The van der Waals surface area contributed by atoms with Gasteiger partial charge in [0.2, 0.25) is 5.13 Å². The minimum absolute atomic E-state index is 0.0628. The topological polar surface area (TPSA) is 125 Å². The fourth-order valence-corrected chi connectivity index (χ4v) is 4.98. The van der Waals surface area contributed by atoms with Gasteiger partial charge in [0.05, 0.1) is 12.3 Å². The number of carbonyl (C=O) groups excluding carboxylic acids is 1. The van der Waals surface area contributed by atoms with Crippen molar-refractivity contribution in [2.45, 2.75) is 24.4 Å². The van der Waals surface area contributed by atoms with Crippen molar-refractivity contribution in [1.29, 1.82) is 0 Å². The lowest BCUT2D eigenvalue weighted by Crippen LogP contribution is -2.44. The van der Waals surface area contributed by atoms with Crippen molar-refractivity contribution in [3.8, 4) is 0 Å². The SMILES string of the molecule is CCn1c(=O)c(C(=O)CSc2nnc(Nc3ccccc3)s2)c(N)n(Cc2ccccc2)c1=O. The van der Waals surface area contributed by atoms with E-state index in [1.54, 1.807) is 6.92 Å². The Morgan fingerprint density at radius 3 is 2.38 bits per heavy atom. The van der Waals surface area contributed by atoms with Crippen molar-refractivity contribution in [3.63, 3.8) is 0 Å². The van der Waals surface area contributed by atoms with Gasteiger partial charge in [-0.2, -0.15) is 0 Å². The standard InChI is InChI=1S/C23H22N6O3S2/c1-2-28-20(31)18(19(24)29(23(28)32)13-15-9-5-3-6-10-15)17(30)14-33-22-27-26-21(34-22)25-16-11-7-4-8-12-16/h3-12H,2,13-14,24H2,1H3,(H,25,26). The molecule has 0 aliphatic rings. The first-order valence-electron chi connectivity index (χ1n) is 10.5. The number of thioether (sulfide) groups is 1. The molecule has 0 fully saturated rings. The lowest BCUT2D eigenvalue weighted by atomic mass is 10.2. The van der Waals surface area contributed by atoms with Gasteiger partial charge < -0.3 is 11.1 Å². The zero-order valence-electron chi connectivity index (χ0n) is 18.3. The molecule has 0 aliphatic heterocycles. The Bertz CT molecular complexity index is 1410. The van der Waals surface area contributed by atoms with Gasteiger partial charge in [-0.1, -0.05) is 71.6 Å². The van der Waals surface area contributed by atoms with Crippen LogP contribution in [0.4, 0.5) is 16.6 Å². The number of nitrogen functional groups attached to an aromatic ring is 1. The minimum atomic E-state index is -0.677. The Morgan fingerprint density at radius 2 is 1.71 bits per heavy atom. The van der Waals surface area contributed by atoms with E-state index in [0.29, 0.717) is 9.47 Å². The molecule has 0 amide bonds. The molecule has 2 aromatic heterocycles. The van der Waals surface area contributed by atoms with Gasteiger partial charge in [-0.25, -0.2) is 4.79 Å². The quantitative estimate of drug-likeness (QED) is 0.268. The highest BCUT2D eigenvalue weighted by Gasteiger charge is 2.23. The van der Waals surface area contributed by atoms with E-state index < -0.39 is 17.0 Å². The third-order valence-electron chi connectivity index (χ3n) is 5.00. The Labute approximate surface area is 203 Å². The number of hydrogen-bond donors (Lipinski definition) is 2. The summed E-state index contributed by atoms with van der Waals surface area (Å²) in [6.45, 7) is 1.96. The number of para-hydroxylation sites is 1. The van der Waals surface area contributed by atoms with Gasteiger partial charge in [-0.05, 0) is 24.6 Å². The van der Waals surface area contributed by atoms with E-state index in [9.17, 15) is 14.4 Å². The molecule has 9 nitrogen and oxygen atoms in total. The molecule has 2 aromatic carbocycles. The van der Waals surface area contributed by atoms with Gasteiger partial charge in [0, 0.05) is 12.2 Å². The van der Waals surface area contributed by atoms with Crippen molar-refractivity contribution in [1.82, 2.24) is 19.3 Å². The smallest absolute Gasteiger partial charge is 0.332 e. The van der Waals surface area contributed by atoms with Crippen molar-refractivity contribution < 1.29 is 4.79 Å². The maximum Gasteiger partial charge on any atom is 0.332 e. The second-order valence-corrected chi connectivity index (χ2v) is 9.44. The first-order chi connectivity index (χ1) is 16.5. The lowest BCUT2D eigenvalue weighted by Gasteiger charge is -2.15. The summed E-state index contributed by atoms with van der Waals surface area (Å²) >= 11 is 2.46. The number of nitrogens with zero attached hydrogens (tertiary/aromatic N) is 4. The number of nitrogens with two attached hydrogens (primary N) is 1. The van der Waals surface area contributed by atoms with Crippen LogP contribution in [0.25, 0.3) is 0 Å². The summed E-state index contributed by atoms with van der Waals surface area (Å²) in [5.74, 6) is -0.658. The highest BCUT2D eigenvalue weighted by Crippen LogP contribution is 2.28. The van der Waals surface area contributed by atoms with Crippen LogP contribution >= 0.6 is 23.1 Å². The largest absolute Gasteiger partial charge is 0.384 e. The molecular weight excluding hydrogens is 472 g/mol. The number of benzene rings is 2. The van der Waals surface area contributed by atoms with E-state index >= 15 is 0 Å². The maximum atomic E-state index is 13.1. The molecule has 11 heteroatoms. The van der Waals surface area contributed by atoms with Crippen LogP contribution in [0.2, 0.25) is 0 Å². The number of Topliss-reactive ketones (excluding diaryl/α,β-unsaturated/α-hetero) is 1. The molecule has 4 aromatic rings. The molecule has 4 rings (SSSR count). The second kappa shape index (κ2) is 10.5. The van der Waals surface area contributed by atoms with Gasteiger partial charge in [0.15, 0.2) is 10.1 Å². The Morgan fingerprint density at radius 1 is 1.03 bits per heavy atom. The summed E-state index contributed by atoms with van der Waals surface area (Å²) in [6, 6.07) is 18.8. The summed E-state index contributed by atoms with van der Waals surface area (Å²) in [6.07, 6.45) is 0. The zero-order valence-corrected chi connectivity index (χ0v) is 19.9. The fraction of sp³-hybridized carbons (Fsp3) is 0.174. The van der Waals surface area contributed by atoms with Crippen molar-refractivity contribution in [3.05, 3.63) is 92.6 Å². The molecule has 0 unspecified atom stereocenters. The Hall–Kier alpha value is -3.70. The van der Waals surface area contributed by atoms with Crippen molar-refractivity contribution in [2.24, 2.45) is 0 Å². The number of anilines is 3. The predicted octanol–water partition coefficient (Wildman–Crippen LogP) is 3.23. The van der Waals surface area contributed by atoms with Gasteiger partial charge in [0.1, 0.15) is 11.4 Å². The van der Waals surface area contributed by atoms with Crippen LogP contribution in [0, 0.1) is 0 Å². The molecule has 2 heterocycles. The summed E-state index contributed by atoms with van der Waals surface area (Å²) in [4.78, 5) is 38.8. The van der Waals surface area contributed by atoms with E-state index in [2.05, 4.69) is 15.5 Å². The van der Waals surface area contributed by atoms with Crippen LogP contribution in [-0.4, -0.2) is 30.9 Å². The number of hydrogen-bond acceptors (Lipinski definition) is 9. The second-order valence-electron chi connectivity index (χ2n) is 7.24. The van der Waals surface area contributed by atoms with E-state index in [1.807, 2.05) is 60.7 Å². The molecule has 0 saturated heterocycles. The van der Waals surface area contributed by atoms with E-state index in [-0.39, 0.29) is 30.2 Å². The van der Waals surface area contributed by atoms with E-state index in [4.69, 9.17) is 5.73 Å². The summed E-state index contributed by atoms with van der Waals surface area (Å²) < 4.78 is 2.87. The van der Waals surface area contributed by atoms with Gasteiger partial charge in [-0.15, -0.1) is 10.2 Å². The van der Waals surface area contributed by atoms with Crippen LogP contribution in [0.1, 0.15) is 22.8 Å². The highest BCUT2D eigenvalue weighted by atomic mass is 32.2. The summed E-state index contributed by atoms with van der Waals surface area (Å²) in [5, 5.41) is 11.9.